The summed E-state index contributed by atoms with van der Waals surface area (Å²) in [7, 11) is 0. The fraction of sp³-hybridized carbons (Fsp3) is 0.417. The van der Waals surface area contributed by atoms with Gasteiger partial charge in [0, 0.05) is 5.69 Å². The van der Waals surface area contributed by atoms with Gasteiger partial charge in [0.2, 0.25) is 0 Å². The minimum absolute atomic E-state index is 0.192. The van der Waals surface area contributed by atoms with E-state index >= 15 is 0 Å². The molecule has 1 rings (SSSR count). The van der Waals surface area contributed by atoms with Crippen LogP contribution >= 0.6 is 0 Å². The molecule has 1 aromatic rings. The largest absolute Gasteiger partial charge is 0.373 e. The quantitative estimate of drug-likeness (QED) is 0.410. The van der Waals surface area contributed by atoms with Crippen LogP contribution in [0.4, 0.5) is 5.69 Å². The third kappa shape index (κ3) is 2.97. The fourth-order valence-electron chi connectivity index (χ4n) is 1.62. The number of anilines is 1. The molecule has 0 aliphatic carbocycles. The van der Waals surface area contributed by atoms with Crippen LogP contribution in [0.3, 0.4) is 0 Å². The summed E-state index contributed by atoms with van der Waals surface area (Å²) in [6, 6.07) is 5.79. The maximum Gasteiger partial charge on any atom is 0.256 e. The smallest absolute Gasteiger partial charge is 0.256 e. The van der Waals surface area contributed by atoms with Crippen molar-refractivity contribution in [2.24, 2.45) is 5.84 Å². The third-order valence-corrected chi connectivity index (χ3v) is 2.58. The van der Waals surface area contributed by atoms with Gasteiger partial charge in [-0.25, -0.2) is 5.84 Å². The number of carbonyl (C=O) groups excluding carboxylic acids is 1. The average molecular weight is 221 g/mol. The first kappa shape index (κ1) is 12.5. The van der Waals surface area contributed by atoms with E-state index in [1.54, 1.807) is 0 Å². The van der Waals surface area contributed by atoms with E-state index in [2.05, 4.69) is 16.8 Å². The Hall–Kier alpha value is -1.55. The normalized spacial score (nSPS) is 12.0. The van der Waals surface area contributed by atoms with Gasteiger partial charge >= 0.3 is 0 Å². The van der Waals surface area contributed by atoms with Gasteiger partial charge in [0.25, 0.3) is 5.91 Å². The van der Waals surface area contributed by atoms with Crippen LogP contribution in [0.2, 0.25) is 0 Å². The number of carbonyl (C=O) groups is 1. The van der Waals surface area contributed by atoms with Crippen LogP contribution in [-0.2, 0) is 4.79 Å². The number of aryl methyl sites for hydroxylation is 2. The van der Waals surface area contributed by atoms with Crippen LogP contribution in [0.25, 0.3) is 0 Å². The Morgan fingerprint density at radius 1 is 1.44 bits per heavy atom. The average Bonchev–Trinajstić information content (AvgIpc) is 2.27. The van der Waals surface area contributed by atoms with Crippen molar-refractivity contribution >= 4 is 11.6 Å². The molecule has 4 nitrogen and oxygen atoms in total. The van der Waals surface area contributed by atoms with E-state index in [0.29, 0.717) is 6.42 Å². The predicted molar refractivity (Wildman–Crippen MR) is 65.9 cm³/mol. The number of nitrogens with two attached hydrogens (primary N) is 1. The Balaban J connectivity index is 2.82. The van der Waals surface area contributed by atoms with Crippen LogP contribution < -0.4 is 16.6 Å². The summed E-state index contributed by atoms with van der Waals surface area (Å²) in [5.41, 5.74) is 5.47. The van der Waals surface area contributed by atoms with Gasteiger partial charge in [-0.2, -0.15) is 0 Å². The molecule has 0 spiro atoms. The molecule has 1 unspecified atom stereocenters. The molecule has 0 aromatic heterocycles. The highest BCUT2D eigenvalue weighted by atomic mass is 16.2. The standard InChI is InChI=1S/C12H19N3O/c1-4-10(12(16)15-13)14-11-6-5-8(2)7-9(11)3/h5-7,10,14H,4,13H2,1-3H3,(H,15,16). The van der Waals surface area contributed by atoms with Gasteiger partial charge in [0.15, 0.2) is 0 Å². The van der Waals surface area contributed by atoms with Gasteiger partial charge in [-0.05, 0) is 31.9 Å². The number of nitrogens with one attached hydrogen (secondary N) is 2. The molecule has 16 heavy (non-hydrogen) atoms. The van der Waals surface area contributed by atoms with Crippen molar-refractivity contribution < 1.29 is 4.79 Å². The molecule has 4 heteroatoms. The van der Waals surface area contributed by atoms with E-state index < -0.39 is 0 Å². The topological polar surface area (TPSA) is 67.2 Å². The van der Waals surface area contributed by atoms with Crippen LogP contribution in [0.1, 0.15) is 24.5 Å². The number of hydrazine groups is 1. The van der Waals surface area contributed by atoms with Crippen molar-refractivity contribution in [3.8, 4) is 0 Å². The molecule has 1 atom stereocenters. The van der Waals surface area contributed by atoms with Gasteiger partial charge in [0.1, 0.15) is 6.04 Å². The van der Waals surface area contributed by atoms with Gasteiger partial charge in [0.05, 0.1) is 0 Å². The van der Waals surface area contributed by atoms with Gasteiger partial charge in [-0.15, -0.1) is 0 Å². The Kier molecular flexibility index (Phi) is 4.31. The minimum Gasteiger partial charge on any atom is -0.373 e. The van der Waals surface area contributed by atoms with E-state index in [1.165, 1.54) is 5.56 Å². The summed E-state index contributed by atoms with van der Waals surface area (Å²) >= 11 is 0. The Morgan fingerprint density at radius 3 is 2.62 bits per heavy atom. The Labute approximate surface area is 96.2 Å². The first-order valence-electron chi connectivity index (χ1n) is 5.42. The summed E-state index contributed by atoms with van der Waals surface area (Å²) in [6.07, 6.45) is 0.691. The summed E-state index contributed by atoms with van der Waals surface area (Å²) in [5.74, 6) is 4.93. The van der Waals surface area contributed by atoms with E-state index in [1.807, 2.05) is 32.9 Å². The van der Waals surface area contributed by atoms with Crippen molar-refractivity contribution in [1.82, 2.24) is 5.43 Å². The molecule has 0 bridgehead atoms. The SMILES string of the molecule is CCC(Nc1ccc(C)cc1C)C(=O)NN. The molecule has 0 aliphatic rings. The first-order valence-corrected chi connectivity index (χ1v) is 5.42. The lowest BCUT2D eigenvalue weighted by Gasteiger charge is -2.18. The van der Waals surface area contributed by atoms with Crippen LogP contribution in [0.5, 0.6) is 0 Å². The molecular weight excluding hydrogens is 202 g/mol. The molecule has 0 aliphatic heterocycles. The minimum atomic E-state index is -0.286. The van der Waals surface area contributed by atoms with Crippen molar-refractivity contribution in [2.45, 2.75) is 33.2 Å². The molecule has 1 amide bonds. The maximum atomic E-state index is 11.4. The second-order valence-corrected chi connectivity index (χ2v) is 3.93. The Morgan fingerprint density at radius 2 is 2.12 bits per heavy atom. The lowest BCUT2D eigenvalue weighted by Crippen LogP contribution is -2.42. The van der Waals surface area contributed by atoms with Gasteiger partial charge in [-0.1, -0.05) is 24.6 Å². The highest BCUT2D eigenvalue weighted by Gasteiger charge is 2.15. The lowest BCUT2D eigenvalue weighted by molar-refractivity contribution is -0.121. The summed E-state index contributed by atoms with van der Waals surface area (Å²) in [4.78, 5) is 11.4. The van der Waals surface area contributed by atoms with Crippen molar-refractivity contribution in [3.05, 3.63) is 29.3 Å². The van der Waals surface area contributed by atoms with Crippen LogP contribution in [0.15, 0.2) is 18.2 Å². The molecule has 88 valence electrons. The molecule has 0 saturated carbocycles. The summed E-state index contributed by atoms with van der Waals surface area (Å²) in [6.45, 7) is 6.00. The monoisotopic (exact) mass is 221 g/mol. The highest BCUT2D eigenvalue weighted by molar-refractivity contribution is 5.84. The number of amides is 1. The zero-order valence-corrected chi connectivity index (χ0v) is 10.0. The summed E-state index contributed by atoms with van der Waals surface area (Å²) < 4.78 is 0. The van der Waals surface area contributed by atoms with Gasteiger partial charge in [-0.3, -0.25) is 10.2 Å². The van der Waals surface area contributed by atoms with Crippen LogP contribution in [-0.4, -0.2) is 11.9 Å². The van der Waals surface area contributed by atoms with Crippen LogP contribution in [0, 0.1) is 13.8 Å². The maximum absolute atomic E-state index is 11.4. The fourth-order valence-corrected chi connectivity index (χ4v) is 1.62. The first-order chi connectivity index (χ1) is 7.58. The zero-order valence-electron chi connectivity index (χ0n) is 10.0. The van der Waals surface area contributed by atoms with Crippen molar-refractivity contribution in [1.29, 1.82) is 0 Å². The molecule has 0 fully saturated rings. The van der Waals surface area contributed by atoms with Gasteiger partial charge < -0.3 is 5.32 Å². The summed E-state index contributed by atoms with van der Waals surface area (Å²) in [5, 5.41) is 3.18. The van der Waals surface area contributed by atoms with Crippen molar-refractivity contribution in [3.63, 3.8) is 0 Å². The molecular formula is C12H19N3O. The molecule has 0 saturated heterocycles. The molecule has 0 radical (unpaired) electrons. The molecule has 1 aromatic carbocycles. The predicted octanol–water partition coefficient (Wildman–Crippen LogP) is 1.48. The number of rotatable bonds is 4. The third-order valence-electron chi connectivity index (χ3n) is 2.58. The lowest BCUT2D eigenvalue weighted by atomic mass is 10.1. The second-order valence-electron chi connectivity index (χ2n) is 3.93. The molecule has 0 heterocycles. The molecule has 4 N–H and O–H groups in total. The van der Waals surface area contributed by atoms with E-state index in [9.17, 15) is 4.79 Å². The van der Waals surface area contributed by atoms with E-state index in [4.69, 9.17) is 5.84 Å². The number of hydrogen-bond acceptors (Lipinski definition) is 3. The number of benzene rings is 1. The zero-order chi connectivity index (χ0) is 12.1. The number of hydrogen-bond donors (Lipinski definition) is 3. The van der Waals surface area contributed by atoms with E-state index in [0.717, 1.165) is 11.3 Å². The van der Waals surface area contributed by atoms with Crippen molar-refractivity contribution in [2.75, 3.05) is 5.32 Å². The Bertz CT molecular complexity index is 377. The van der Waals surface area contributed by atoms with E-state index in [-0.39, 0.29) is 11.9 Å². The highest BCUT2D eigenvalue weighted by Crippen LogP contribution is 2.17. The second kappa shape index (κ2) is 5.51.